The van der Waals surface area contributed by atoms with Crippen LogP contribution >= 0.6 is 22.9 Å². The Morgan fingerprint density at radius 1 is 1.08 bits per heavy atom. The quantitative estimate of drug-likeness (QED) is 0.0702. The van der Waals surface area contributed by atoms with Crippen molar-refractivity contribution >= 4 is 73.6 Å². The van der Waals surface area contributed by atoms with Crippen LogP contribution in [0.5, 0.6) is 5.75 Å². The van der Waals surface area contributed by atoms with Crippen molar-refractivity contribution in [2.75, 3.05) is 24.0 Å². The van der Waals surface area contributed by atoms with Crippen molar-refractivity contribution in [3.8, 4) is 16.3 Å². The number of benzene rings is 2. The van der Waals surface area contributed by atoms with Gasteiger partial charge in [0.25, 0.3) is 15.7 Å². The highest BCUT2D eigenvalue weighted by Crippen LogP contribution is 2.35. The maximum Gasteiger partial charge on any atom is 0.413 e. The summed E-state index contributed by atoms with van der Waals surface area (Å²) in [4.78, 5) is 63.4. The van der Waals surface area contributed by atoms with E-state index in [2.05, 4.69) is 35.2 Å². The smallest absolute Gasteiger partial charge is 0.413 e. The van der Waals surface area contributed by atoms with E-state index < -0.39 is 55.0 Å². The molecule has 2 amide bonds. The van der Waals surface area contributed by atoms with Gasteiger partial charge in [0.15, 0.2) is 22.0 Å². The molecule has 0 aliphatic rings. The molecular formula is C30H29ClN10O10S2. The monoisotopic (exact) mass is 788 g/mol. The summed E-state index contributed by atoms with van der Waals surface area (Å²) in [5, 5.41) is 22.3. The number of nitrogens with zero attached hydrogens (tertiary/aromatic N) is 8. The zero-order chi connectivity index (χ0) is 38.5. The van der Waals surface area contributed by atoms with E-state index in [-0.39, 0.29) is 45.8 Å². The maximum absolute atomic E-state index is 13.9. The molecule has 1 atom stereocenters. The molecule has 0 spiro atoms. The number of hydrogen-bond acceptors (Lipinski definition) is 16. The highest BCUT2D eigenvalue weighted by atomic mass is 35.5. The number of anilines is 1. The number of nitro groups is 1. The van der Waals surface area contributed by atoms with Gasteiger partial charge in [-0.15, -0.1) is 10.2 Å². The van der Waals surface area contributed by atoms with Crippen LogP contribution in [0.2, 0.25) is 5.02 Å². The Morgan fingerprint density at radius 3 is 2.45 bits per heavy atom. The van der Waals surface area contributed by atoms with Crippen molar-refractivity contribution in [1.29, 1.82) is 0 Å². The van der Waals surface area contributed by atoms with Gasteiger partial charge < -0.3 is 14.2 Å². The van der Waals surface area contributed by atoms with Crippen molar-refractivity contribution in [3.63, 3.8) is 0 Å². The molecule has 0 saturated heterocycles. The lowest BCUT2D eigenvalue weighted by molar-refractivity contribution is -0.384. The number of rotatable bonds is 14. The predicted octanol–water partition coefficient (Wildman–Crippen LogP) is 3.80. The molecule has 3 heterocycles. The molecule has 53 heavy (non-hydrogen) atoms. The Balaban J connectivity index is 1.50. The van der Waals surface area contributed by atoms with Crippen LogP contribution in [0.15, 0.2) is 59.5 Å². The van der Waals surface area contributed by atoms with Gasteiger partial charge in [-0.05, 0) is 43.2 Å². The van der Waals surface area contributed by atoms with Gasteiger partial charge in [0, 0.05) is 18.0 Å². The largest absolute Gasteiger partial charge is 0.497 e. The molecule has 23 heteroatoms. The summed E-state index contributed by atoms with van der Waals surface area (Å²) in [6.45, 7) is 3.65. The second-order valence-electron chi connectivity index (χ2n) is 10.7. The molecule has 5 aromatic rings. The van der Waals surface area contributed by atoms with E-state index in [1.165, 1.54) is 33.1 Å². The van der Waals surface area contributed by atoms with E-state index in [0.717, 1.165) is 35.3 Å². The lowest BCUT2D eigenvalue weighted by Gasteiger charge is -2.40. The number of ether oxygens (including phenoxy) is 3. The second-order valence-corrected chi connectivity index (χ2v) is 14.0. The fourth-order valence-electron chi connectivity index (χ4n) is 4.99. The lowest BCUT2D eigenvalue weighted by Crippen LogP contribution is -2.70. The molecule has 278 valence electrons. The minimum Gasteiger partial charge on any atom is -0.497 e. The van der Waals surface area contributed by atoms with Gasteiger partial charge in [-0.3, -0.25) is 20.2 Å². The van der Waals surface area contributed by atoms with Crippen molar-refractivity contribution in [1.82, 2.24) is 34.5 Å². The summed E-state index contributed by atoms with van der Waals surface area (Å²) in [6.07, 6.45) is 0.793. The van der Waals surface area contributed by atoms with Crippen molar-refractivity contribution in [2.24, 2.45) is 0 Å². The van der Waals surface area contributed by atoms with Gasteiger partial charge in [-0.25, -0.2) is 42.6 Å². The van der Waals surface area contributed by atoms with Gasteiger partial charge in [-0.2, -0.15) is 4.72 Å². The van der Waals surface area contributed by atoms with E-state index in [1.807, 2.05) is 0 Å². The van der Waals surface area contributed by atoms with E-state index in [1.54, 1.807) is 24.3 Å². The number of nitro benzene ring substituents is 1. The first kappa shape index (κ1) is 38.4. The van der Waals surface area contributed by atoms with Crippen LogP contribution < -0.4 is 19.8 Å². The van der Waals surface area contributed by atoms with Crippen LogP contribution in [0.25, 0.3) is 21.7 Å². The predicted molar refractivity (Wildman–Crippen MR) is 188 cm³/mol. The molecule has 20 nitrogen and oxygen atoms in total. The SMILES string of the molecule is CCOC(=O)C(CC)(NS(=O)(=O)c1nnc(-c2ccc(Cl)cc2[N+](=O)[O-])s1)N(C(C)=O)n1cnc2c(NC(=O)OCc3ccc(OC)cc3)ncnc21. The number of halogens is 1. The number of imidazole rings is 1. The van der Waals surface area contributed by atoms with Crippen LogP contribution in [-0.2, 0) is 35.7 Å². The summed E-state index contributed by atoms with van der Waals surface area (Å²) >= 11 is 6.38. The van der Waals surface area contributed by atoms with E-state index in [9.17, 15) is 32.9 Å². The standard InChI is InChI=1S/C30H29ClN10O10S2/c1-5-30(27(43)50-6-2,38-53(47,48)29-37-36-26(52-29)21-12-9-19(31)13-22(21)41(45)46)40(17(3)42)39-16-34-23-24(32-15-33-25(23)39)35-28(44)51-14-18-7-10-20(49-4)11-8-18/h7-13,15-16,38H,5-6,14H2,1-4H3,(H,32,33,35,44). The molecule has 0 aliphatic carbocycles. The first-order chi connectivity index (χ1) is 25.2. The number of fused-ring (bicyclic) bond motifs is 1. The summed E-state index contributed by atoms with van der Waals surface area (Å²) < 4.78 is 46.1. The number of nitrogens with one attached hydrogen (secondary N) is 2. The van der Waals surface area contributed by atoms with Gasteiger partial charge in [0.2, 0.25) is 15.9 Å². The van der Waals surface area contributed by atoms with Crippen LogP contribution in [0.1, 0.15) is 32.8 Å². The van der Waals surface area contributed by atoms with Gasteiger partial charge in [0.1, 0.15) is 25.0 Å². The normalized spacial score (nSPS) is 12.5. The average Bonchev–Trinajstić information content (AvgIpc) is 3.80. The molecule has 2 aromatic carbocycles. The zero-order valence-corrected chi connectivity index (χ0v) is 30.6. The third-order valence-electron chi connectivity index (χ3n) is 7.39. The van der Waals surface area contributed by atoms with Crippen molar-refractivity contribution in [2.45, 2.75) is 43.8 Å². The molecule has 0 radical (unpaired) electrons. The van der Waals surface area contributed by atoms with Crippen molar-refractivity contribution in [3.05, 3.63) is 75.8 Å². The number of hydrogen-bond donors (Lipinski definition) is 2. The molecule has 2 N–H and O–H groups in total. The van der Waals surface area contributed by atoms with E-state index in [4.69, 9.17) is 25.8 Å². The highest BCUT2D eigenvalue weighted by Gasteiger charge is 2.51. The highest BCUT2D eigenvalue weighted by molar-refractivity contribution is 7.91. The van der Waals surface area contributed by atoms with Gasteiger partial charge in [0.05, 0.1) is 24.2 Å². The summed E-state index contributed by atoms with van der Waals surface area (Å²) in [7, 11) is -3.32. The minimum absolute atomic E-state index is 0.0600. The second kappa shape index (κ2) is 15.8. The number of amides is 2. The Kier molecular flexibility index (Phi) is 11.5. The number of methoxy groups -OCH3 is 1. The Labute approximate surface area is 309 Å². The molecule has 0 bridgehead atoms. The number of carbonyl (C=O) groups excluding carboxylic acids is 3. The zero-order valence-electron chi connectivity index (χ0n) is 28.2. The number of esters is 1. The number of carbonyl (C=O) groups is 3. The fraction of sp³-hybridized carbons (Fsp3) is 0.267. The number of aromatic nitrogens is 6. The van der Waals surface area contributed by atoms with Gasteiger partial charge >= 0.3 is 12.1 Å². The summed E-state index contributed by atoms with van der Waals surface area (Å²) in [5.41, 5.74) is -2.53. The lowest BCUT2D eigenvalue weighted by atomic mass is 10.1. The van der Waals surface area contributed by atoms with Crippen LogP contribution in [-0.4, -0.2) is 80.5 Å². The first-order valence-corrected chi connectivity index (χ1v) is 18.0. The molecular weight excluding hydrogens is 760 g/mol. The molecule has 0 fully saturated rings. The third kappa shape index (κ3) is 7.99. The Hall–Kier alpha value is -5.84. The van der Waals surface area contributed by atoms with Gasteiger partial charge in [-0.1, -0.05) is 42.0 Å². The van der Waals surface area contributed by atoms with E-state index in [0.29, 0.717) is 22.6 Å². The Bertz CT molecular complexity index is 2300. The molecule has 0 aliphatic heterocycles. The topological polar surface area (TPSA) is 253 Å². The first-order valence-electron chi connectivity index (χ1n) is 15.3. The minimum atomic E-state index is -4.84. The molecule has 1 unspecified atom stereocenters. The Morgan fingerprint density at radius 2 is 1.81 bits per heavy atom. The summed E-state index contributed by atoms with van der Waals surface area (Å²) in [6, 6.07) is 10.5. The van der Waals surface area contributed by atoms with Crippen LogP contribution in [0.3, 0.4) is 0 Å². The number of sulfonamides is 1. The van der Waals surface area contributed by atoms with E-state index >= 15 is 0 Å². The summed E-state index contributed by atoms with van der Waals surface area (Å²) in [5.74, 6) is -1.57. The average molecular weight is 789 g/mol. The molecule has 5 rings (SSSR count). The molecule has 0 saturated carbocycles. The fourth-order valence-corrected chi connectivity index (χ4v) is 7.56. The van der Waals surface area contributed by atoms with Crippen molar-refractivity contribution < 1.29 is 41.9 Å². The maximum atomic E-state index is 13.9. The third-order valence-corrected chi connectivity index (χ3v) is 10.4. The van der Waals surface area contributed by atoms with Crippen LogP contribution in [0.4, 0.5) is 16.3 Å². The molecule has 3 aromatic heterocycles. The van der Waals surface area contributed by atoms with Crippen LogP contribution in [0, 0.1) is 10.1 Å².